The number of guanidine groups is 1. The fraction of sp³-hybridized carbons (Fsp3) is 0.400. The van der Waals surface area contributed by atoms with E-state index < -0.39 is 5.91 Å². The first-order valence-corrected chi connectivity index (χ1v) is 9.15. The maximum atomic E-state index is 11.1. The Bertz CT molecular complexity index is 835. The van der Waals surface area contributed by atoms with Gasteiger partial charge in [-0.05, 0) is 43.2 Å². The van der Waals surface area contributed by atoms with Gasteiger partial charge in [0.2, 0.25) is 0 Å². The fourth-order valence-electron chi connectivity index (χ4n) is 3.34. The minimum absolute atomic E-state index is 0.170. The van der Waals surface area contributed by atoms with Gasteiger partial charge in [-0.15, -0.1) is 0 Å². The average molecular weight is 369 g/mol. The molecule has 144 valence electrons. The van der Waals surface area contributed by atoms with Gasteiger partial charge in [0.1, 0.15) is 5.76 Å². The smallest absolute Gasteiger partial charge is 0.284 e. The van der Waals surface area contributed by atoms with Crippen LogP contribution in [0.4, 0.5) is 5.69 Å². The Morgan fingerprint density at radius 3 is 2.56 bits per heavy atom. The zero-order chi connectivity index (χ0) is 19.4. The normalized spacial score (nSPS) is 15.1. The summed E-state index contributed by atoms with van der Waals surface area (Å²) in [4.78, 5) is 20.2. The number of primary amides is 1. The molecule has 1 aliphatic heterocycles. The number of hydrogen-bond donors (Lipinski definition) is 2. The Kier molecular flexibility index (Phi) is 5.69. The van der Waals surface area contributed by atoms with Crippen molar-refractivity contribution in [2.24, 2.45) is 10.7 Å². The molecule has 1 aromatic heterocycles. The number of amides is 1. The van der Waals surface area contributed by atoms with Gasteiger partial charge in [-0.25, -0.2) is 0 Å². The molecule has 7 heteroatoms. The lowest BCUT2D eigenvalue weighted by Gasteiger charge is -2.38. The van der Waals surface area contributed by atoms with Crippen LogP contribution in [0.3, 0.4) is 0 Å². The third-order valence-electron chi connectivity index (χ3n) is 5.03. The van der Waals surface area contributed by atoms with Crippen LogP contribution >= 0.6 is 0 Å². The van der Waals surface area contributed by atoms with Gasteiger partial charge in [-0.2, -0.15) is 0 Å². The van der Waals surface area contributed by atoms with Crippen molar-refractivity contribution in [1.29, 1.82) is 0 Å². The van der Waals surface area contributed by atoms with Gasteiger partial charge in [0.15, 0.2) is 11.7 Å². The highest BCUT2D eigenvalue weighted by atomic mass is 16.3. The van der Waals surface area contributed by atoms with Crippen LogP contribution in [-0.4, -0.2) is 50.0 Å². The van der Waals surface area contributed by atoms with Gasteiger partial charge in [-0.1, -0.05) is 12.1 Å². The van der Waals surface area contributed by atoms with Gasteiger partial charge in [0, 0.05) is 38.9 Å². The molecule has 0 spiro atoms. The molecule has 1 amide bonds. The molecular weight excluding hydrogens is 342 g/mol. The summed E-state index contributed by atoms with van der Waals surface area (Å²) in [6.45, 7) is 8.45. The molecule has 0 unspecified atom stereocenters. The van der Waals surface area contributed by atoms with Crippen LogP contribution in [0.1, 0.15) is 27.4 Å². The number of nitrogens with one attached hydrogen (secondary N) is 1. The summed E-state index contributed by atoms with van der Waals surface area (Å²) in [6.07, 6.45) is 0. The second-order valence-electron chi connectivity index (χ2n) is 6.72. The molecule has 0 atom stereocenters. The van der Waals surface area contributed by atoms with Crippen LogP contribution in [0, 0.1) is 13.8 Å². The first-order valence-electron chi connectivity index (χ1n) is 9.15. The second kappa shape index (κ2) is 8.16. The Balaban J connectivity index is 1.57. The van der Waals surface area contributed by atoms with Crippen molar-refractivity contribution >= 4 is 17.6 Å². The summed E-state index contributed by atoms with van der Waals surface area (Å²) in [5.41, 5.74) is 9.19. The number of furan rings is 1. The number of carbonyl (C=O) groups is 1. The van der Waals surface area contributed by atoms with Crippen LogP contribution in [0.15, 0.2) is 39.7 Å². The predicted molar refractivity (Wildman–Crippen MR) is 107 cm³/mol. The SMILES string of the molecule is CN=C(NCc1ccc(C(N)=O)o1)N1CCN(c2cccc(C)c2C)CC1. The maximum absolute atomic E-state index is 11.1. The van der Waals surface area contributed by atoms with Crippen molar-refractivity contribution in [1.82, 2.24) is 10.2 Å². The highest BCUT2D eigenvalue weighted by Gasteiger charge is 2.21. The molecule has 7 nitrogen and oxygen atoms in total. The van der Waals surface area contributed by atoms with Crippen molar-refractivity contribution in [2.75, 3.05) is 38.1 Å². The summed E-state index contributed by atoms with van der Waals surface area (Å²) in [7, 11) is 1.77. The molecule has 2 aromatic rings. The van der Waals surface area contributed by atoms with E-state index in [1.54, 1.807) is 19.2 Å². The molecule has 1 aliphatic rings. The summed E-state index contributed by atoms with van der Waals surface area (Å²) in [5.74, 6) is 1.09. The third kappa shape index (κ3) is 4.24. The first-order chi connectivity index (χ1) is 13.0. The zero-order valence-corrected chi connectivity index (χ0v) is 16.2. The van der Waals surface area contributed by atoms with Crippen molar-refractivity contribution < 1.29 is 9.21 Å². The molecular formula is C20H27N5O2. The molecule has 0 aliphatic carbocycles. The quantitative estimate of drug-likeness (QED) is 0.635. The lowest BCUT2D eigenvalue weighted by molar-refractivity contribution is 0.0972. The summed E-state index contributed by atoms with van der Waals surface area (Å²) >= 11 is 0. The van der Waals surface area contributed by atoms with Crippen molar-refractivity contribution in [3.63, 3.8) is 0 Å². The maximum Gasteiger partial charge on any atom is 0.284 e. The van der Waals surface area contributed by atoms with Crippen molar-refractivity contribution in [3.8, 4) is 0 Å². The van der Waals surface area contributed by atoms with Crippen molar-refractivity contribution in [2.45, 2.75) is 20.4 Å². The Labute approximate surface area is 159 Å². The van der Waals surface area contributed by atoms with E-state index in [0.717, 1.165) is 32.1 Å². The Morgan fingerprint density at radius 2 is 1.93 bits per heavy atom. The largest absolute Gasteiger partial charge is 0.454 e. The monoisotopic (exact) mass is 369 g/mol. The van der Waals surface area contributed by atoms with Crippen molar-refractivity contribution in [3.05, 3.63) is 53.0 Å². The summed E-state index contributed by atoms with van der Waals surface area (Å²) in [5, 5.41) is 3.29. The number of carbonyl (C=O) groups excluding carboxylic acids is 1. The van der Waals surface area contributed by atoms with Crippen LogP contribution in [0.25, 0.3) is 0 Å². The van der Waals surface area contributed by atoms with E-state index in [0.29, 0.717) is 12.3 Å². The molecule has 3 N–H and O–H groups in total. The van der Waals surface area contributed by atoms with Crippen LogP contribution in [-0.2, 0) is 6.54 Å². The predicted octanol–water partition coefficient (Wildman–Crippen LogP) is 1.89. The topological polar surface area (TPSA) is 87.1 Å². The number of aryl methyl sites for hydroxylation is 1. The number of rotatable bonds is 4. The molecule has 0 radical (unpaired) electrons. The molecule has 2 heterocycles. The standard InChI is InChI=1S/C20H27N5O2/c1-14-5-4-6-17(15(14)2)24-9-11-25(12-10-24)20(22-3)23-13-16-7-8-18(27-16)19(21)26/h4-8H,9-13H2,1-3H3,(H2,21,26)(H,22,23). The van der Waals surface area contributed by atoms with Crippen LogP contribution in [0.2, 0.25) is 0 Å². The van der Waals surface area contributed by atoms with E-state index >= 15 is 0 Å². The highest BCUT2D eigenvalue weighted by Crippen LogP contribution is 2.23. The zero-order valence-electron chi connectivity index (χ0n) is 16.2. The first kappa shape index (κ1) is 18.8. The minimum Gasteiger partial charge on any atom is -0.454 e. The molecule has 3 rings (SSSR count). The number of hydrogen-bond acceptors (Lipinski definition) is 4. The average Bonchev–Trinajstić information content (AvgIpc) is 3.14. The number of anilines is 1. The number of benzene rings is 1. The van der Waals surface area contributed by atoms with E-state index in [1.807, 2.05) is 0 Å². The molecule has 1 aromatic carbocycles. The Morgan fingerprint density at radius 1 is 1.19 bits per heavy atom. The van der Waals surface area contributed by atoms with E-state index in [2.05, 4.69) is 52.2 Å². The van der Waals surface area contributed by atoms with Crippen LogP contribution < -0.4 is 16.0 Å². The van der Waals surface area contributed by atoms with Gasteiger partial charge < -0.3 is 25.3 Å². The van der Waals surface area contributed by atoms with E-state index in [9.17, 15) is 4.79 Å². The molecule has 1 fully saturated rings. The van der Waals surface area contributed by atoms with Gasteiger partial charge in [0.25, 0.3) is 5.91 Å². The summed E-state index contributed by atoms with van der Waals surface area (Å²) < 4.78 is 5.41. The molecule has 1 saturated heterocycles. The van der Waals surface area contributed by atoms with E-state index in [1.165, 1.54) is 16.8 Å². The van der Waals surface area contributed by atoms with E-state index in [-0.39, 0.29) is 5.76 Å². The highest BCUT2D eigenvalue weighted by molar-refractivity contribution is 5.89. The number of piperazine rings is 1. The number of aliphatic imine (C=N–C) groups is 1. The van der Waals surface area contributed by atoms with Gasteiger partial charge >= 0.3 is 0 Å². The number of nitrogens with zero attached hydrogens (tertiary/aromatic N) is 3. The summed E-state index contributed by atoms with van der Waals surface area (Å²) in [6, 6.07) is 9.80. The molecule has 0 bridgehead atoms. The number of nitrogens with two attached hydrogens (primary N) is 1. The van der Waals surface area contributed by atoms with Gasteiger partial charge in [-0.3, -0.25) is 9.79 Å². The van der Waals surface area contributed by atoms with Crippen LogP contribution in [0.5, 0.6) is 0 Å². The Hall–Kier alpha value is -2.96. The second-order valence-corrected chi connectivity index (χ2v) is 6.72. The molecule has 27 heavy (non-hydrogen) atoms. The minimum atomic E-state index is -0.562. The lowest BCUT2D eigenvalue weighted by atomic mass is 10.1. The fourth-order valence-corrected chi connectivity index (χ4v) is 3.34. The molecule has 0 saturated carbocycles. The lowest BCUT2D eigenvalue weighted by Crippen LogP contribution is -2.52. The third-order valence-corrected chi connectivity index (χ3v) is 5.03. The van der Waals surface area contributed by atoms with Gasteiger partial charge in [0.05, 0.1) is 6.54 Å². The van der Waals surface area contributed by atoms with E-state index in [4.69, 9.17) is 10.2 Å².